The maximum absolute atomic E-state index is 11.8. The third-order valence-electron chi connectivity index (χ3n) is 6.59. The quantitative estimate of drug-likeness (QED) is 0.0425. The van der Waals surface area contributed by atoms with Crippen molar-refractivity contribution >= 4 is 17.9 Å². The molecule has 0 amide bonds. The van der Waals surface area contributed by atoms with Gasteiger partial charge in [0.2, 0.25) is 0 Å². The zero-order chi connectivity index (χ0) is 37.0. The molecular formula is C37H54O15. The van der Waals surface area contributed by atoms with E-state index in [1.165, 1.54) is 0 Å². The molecule has 0 aliphatic carbocycles. The van der Waals surface area contributed by atoms with Crippen LogP contribution in [0.2, 0.25) is 0 Å². The summed E-state index contributed by atoms with van der Waals surface area (Å²) < 4.78 is 63.4. The van der Waals surface area contributed by atoms with Crippen LogP contribution in [0.3, 0.4) is 0 Å². The lowest BCUT2D eigenvalue weighted by Gasteiger charge is -2.09. The Hall–Kier alpha value is -3.67. The molecule has 52 heavy (non-hydrogen) atoms. The van der Waals surface area contributed by atoms with E-state index in [0.717, 1.165) is 0 Å². The van der Waals surface area contributed by atoms with Gasteiger partial charge >= 0.3 is 17.9 Å². The summed E-state index contributed by atoms with van der Waals surface area (Å²) in [7, 11) is 0. The van der Waals surface area contributed by atoms with Crippen LogP contribution in [0.5, 0.6) is 5.75 Å². The largest absolute Gasteiger partial charge is 0.467 e. The molecule has 0 saturated heterocycles. The highest BCUT2D eigenvalue weighted by atomic mass is 16.7. The van der Waals surface area contributed by atoms with Gasteiger partial charge in [-0.1, -0.05) is 36.4 Å². The molecule has 0 unspecified atom stereocenters. The molecule has 0 aromatic heterocycles. The molecule has 0 aliphatic heterocycles. The molecule has 0 atom stereocenters. The third kappa shape index (κ3) is 27.0. The summed E-state index contributed by atoms with van der Waals surface area (Å²) in [4.78, 5) is 35.4. The first kappa shape index (κ1) is 44.5. The van der Waals surface area contributed by atoms with Crippen LogP contribution in [0.1, 0.15) is 48.9 Å². The molecule has 2 aromatic rings. The number of carbonyl (C=O) groups is 3. The van der Waals surface area contributed by atoms with Gasteiger partial charge in [0.05, 0.1) is 51.8 Å². The van der Waals surface area contributed by atoms with Crippen molar-refractivity contribution in [3.8, 4) is 5.75 Å². The van der Waals surface area contributed by atoms with Crippen molar-refractivity contribution in [2.45, 2.75) is 38.5 Å². The van der Waals surface area contributed by atoms with Crippen molar-refractivity contribution in [2.75, 3.05) is 106 Å². The molecule has 0 bridgehead atoms. The van der Waals surface area contributed by atoms with E-state index >= 15 is 0 Å². The molecule has 0 N–H and O–H groups in total. The Morgan fingerprint density at radius 2 is 0.808 bits per heavy atom. The van der Waals surface area contributed by atoms with Gasteiger partial charge in [0.1, 0.15) is 39.2 Å². The second-order valence-electron chi connectivity index (χ2n) is 10.8. The number of hydrogen-bond acceptors (Lipinski definition) is 15. The van der Waals surface area contributed by atoms with E-state index in [1.807, 2.05) is 36.4 Å². The molecule has 0 spiro atoms. The zero-order valence-electron chi connectivity index (χ0n) is 30.0. The fourth-order valence-corrected chi connectivity index (χ4v) is 3.94. The Bertz CT molecular complexity index is 1140. The SMILES string of the molecule is O=C(CCCCOCOCCOCCOC(=O)c1ccccc1)OCCOCCOCOCCCCC(=O)OCCOCOCOc1ccccc1. The summed E-state index contributed by atoms with van der Waals surface area (Å²) in [5.41, 5.74) is 0.504. The smallest absolute Gasteiger partial charge is 0.338 e. The first-order valence-corrected chi connectivity index (χ1v) is 17.5. The Morgan fingerprint density at radius 1 is 0.385 bits per heavy atom. The number of unbranched alkanes of at least 4 members (excludes halogenated alkanes) is 2. The number of rotatable bonds is 35. The number of carbonyl (C=O) groups excluding carboxylic acids is 3. The Balaban J connectivity index is 1.20. The number of esters is 3. The summed E-state index contributed by atoms with van der Waals surface area (Å²) in [5, 5.41) is 0. The summed E-state index contributed by atoms with van der Waals surface area (Å²) in [6, 6.07) is 18.1. The van der Waals surface area contributed by atoms with Crippen LogP contribution in [-0.2, 0) is 61.7 Å². The fraction of sp³-hybridized carbons (Fsp3) is 0.595. The monoisotopic (exact) mass is 738 g/mol. The van der Waals surface area contributed by atoms with E-state index in [2.05, 4.69) is 0 Å². The third-order valence-corrected chi connectivity index (χ3v) is 6.59. The van der Waals surface area contributed by atoms with E-state index < -0.39 is 0 Å². The van der Waals surface area contributed by atoms with Crippen LogP contribution in [0.25, 0.3) is 0 Å². The minimum absolute atomic E-state index is 0.0442. The Morgan fingerprint density at radius 3 is 1.37 bits per heavy atom. The van der Waals surface area contributed by atoms with Crippen LogP contribution in [0.15, 0.2) is 60.7 Å². The van der Waals surface area contributed by atoms with Gasteiger partial charge in [-0.25, -0.2) is 4.79 Å². The van der Waals surface area contributed by atoms with Crippen LogP contribution < -0.4 is 4.74 Å². The van der Waals surface area contributed by atoms with Gasteiger partial charge < -0.3 is 56.8 Å². The maximum atomic E-state index is 11.8. The van der Waals surface area contributed by atoms with E-state index in [4.69, 9.17) is 56.8 Å². The lowest BCUT2D eigenvalue weighted by Crippen LogP contribution is -2.14. The number of hydrogen-bond donors (Lipinski definition) is 0. The van der Waals surface area contributed by atoms with Crippen LogP contribution >= 0.6 is 0 Å². The van der Waals surface area contributed by atoms with Crippen LogP contribution in [-0.4, -0.2) is 124 Å². The zero-order valence-corrected chi connectivity index (χ0v) is 30.0. The molecule has 0 aliphatic rings. The first-order chi connectivity index (χ1) is 25.6. The summed E-state index contributed by atoms with van der Waals surface area (Å²) in [5.74, 6) is -0.246. The maximum Gasteiger partial charge on any atom is 0.338 e. The molecule has 15 nitrogen and oxygen atoms in total. The van der Waals surface area contributed by atoms with Crippen molar-refractivity contribution in [2.24, 2.45) is 0 Å². The summed E-state index contributed by atoms with van der Waals surface area (Å²) >= 11 is 0. The molecule has 0 fully saturated rings. The molecule has 0 saturated carbocycles. The van der Waals surface area contributed by atoms with Crippen molar-refractivity contribution in [1.82, 2.24) is 0 Å². The van der Waals surface area contributed by atoms with Crippen molar-refractivity contribution in [3.63, 3.8) is 0 Å². The van der Waals surface area contributed by atoms with Gasteiger partial charge in [-0.3, -0.25) is 9.59 Å². The lowest BCUT2D eigenvalue weighted by molar-refractivity contribution is -0.149. The number of ether oxygens (including phenoxy) is 12. The van der Waals surface area contributed by atoms with E-state index in [1.54, 1.807) is 24.3 Å². The average molecular weight is 739 g/mol. The molecule has 292 valence electrons. The van der Waals surface area contributed by atoms with Gasteiger partial charge in [-0.2, -0.15) is 0 Å². The van der Waals surface area contributed by atoms with Gasteiger partial charge in [0.25, 0.3) is 0 Å². The summed E-state index contributed by atoms with van der Waals surface area (Å²) in [6.45, 7) is 3.99. The van der Waals surface area contributed by atoms with Gasteiger partial charge in [-0.05, 0) is 49.9 Å². The van der Waals surface area contributed by atoms with E-state index in [-0.39, 0.29) is 84.7 Å². The topological polar surface area (TPSA) is 162 Å². The molecular weight excluding hydrogens is 684 g/mol. The lowest BCUT2D eigenvalue weighted by atomic mass is 10.2. The fourth-order valence-electron chi connectivity index (χ4n) is 3.94. The highest BCUT2D eigenvalue weighted by molar-refractivity contribution is 5.89. The minimum Gasteiger partial charge on any atom is -0.467 e. The van der Waals surface area contributed by atoms with Gasteiger partial charge in [0, 0.05) is 26.1 Å². The number of para-hydroxylation sites is 1. The van der Waals surface area contributed by atoms with Crippen molar-refractivity contribution < 1.29 is 71.2 Å². The second kappa shape index (κ2) is 33.2. The second-order valence-corrected chi connectivity index (χ2v) is 10.8. The Kier molecular flexibility index (Phi) is 28.4. The Labute approximate surface area is 305 Å². The van der Waals surface area contributed by atoms with E-state index in [0.29, 0.717) is 89.5 Å². The van der Waals surface area contributed by atoms with E-state index in [9.17, 15) is 14.4 Å². The van der Waals surface area contributed by atoms with Crippen molar-refractivity contribution in [3.05, 3.63) is 66.2 Å². The first-order valence-electron chi connectivity index (χ1n) is 17.5. The minimum atomic E-state index is -0.381. The van der Waals surface area contributed by atoms with Crippen molar-refractivity contribution in [1.29, 1.82) is 0 Å². The molecule has 15 heteroatoms. The highest BCUT2D eigenvalue weighted by Gasteiger charge is 2.06. The summed E-state index contributed by atoms with van der Waals surface area (Å²) in [6.07, 6.45) is 3.27. The predicted octanol–water partition coefficient (Wildman–Crippen LogP) is 4.31. The molecule has 0 heterocycles. The van der Waals surface area contributed by atoms with Crippen LogP contribution in [0.4, 0.5) is 0 Å². The average Bonchev–Trinajstić information content (AvgIpc) is 3.17. The molecule has 2 aromatic carbocycles. The standard InChI is InChI=1S/C37H54O15/c38-35(15-7-9-17-44-30-46-22-20-42-24-28-51-37(40)33-11-3-1-4-12-33)49-26-23-41-19-21-45-29-43-18-10-8-16-36(39)50-27-25-47-31-48-32-52-34-13-5-2-6-14-34/h1-6,11-14H,7-10,15-32H2. The molecule has 2 rings (SSSR count). The highest BCUT2D eigenvalue weighted by Crippen LogP contribution is 2.08. The van der Waals surface area contributed by atoms with Crippen LogP contribution in [0, 0.1) is 0 Å². The van der Waals surface area contributed by atoms with Gasteiger partial charge in [-0.15, -0.1) is 0 Å². The van der Waals surface area contributed by atoms with Gasteiger partial charge in [0.15, 0.2) is 13.6 Å². The molecule has 0 radical (unpaired) electrons. The normalized spacial score (nSPS) is 10.9. The predicted molar refractivity (Wildman–Crippen MR) is 185 cm³/mol. The number of benzene rings is 2.